The standard InChI is InChI=1S/C13H10F3NO2S2/c14-13(15,16)10-4-2-1-3-8(10)6-20-12-17-9(7-21-12)5-11(18)19/h1-4,7H,5-6H2,(H,18,19). The summed E-state index contributed by atoms with van der Waals surface area (Å²) in [6.45, 7) is 0. The summed E-state index contributed by atoms with van der Waals surface area (Å²) < 4.78 is 39.1. The molecule has 1 N–H and O–H groups in total. The van der Waals surface area contributed by atoms with E-state index in [1.165, 1.54) is 35.2 Å². The number of carbonyl (C=O) groups is 1. The molecule has 1 aromatic heterocycles. The molecule has 0 saturated heterocycles. The molecule has 112 valence electrons. The molecule has 21 heavy (non-hydrogen) atoms. The Morgan fingerprint density at radius 2 is 2.05 bits per heavy atom. The van der Waals surface area contributed by atoms with E-state index >= 15 is 0 Å². The van der Waals surface area contributed by atoms with E-state index in [-0.39, 0.29) is 17.7 Å². The van der Waals surface area contributed by atoms with Gasteiger partial charge in [0, 0.05) is 11.1 Å². The van der Waals surface area contributed by atoms with E-state index in [0.717, 1.165) is 6.07 Å². The van der Waals surface area contributed by atoms with Gasteiger partial charge >= 0.3 is 12.1 Å². The van der Waals surface area contributed by atoms with Crippen LogP contribution in [0.4, 0.5) is 13.2 Å². The van der Waals surface area contributed by atoms with Crippen LogP contribution in [0.25, 0.3) is 0 Å². The molecule has 0 aliphatic carbocycles. The van der Waals surface area contributed by atoms with Crippen molar-refractivity contribution in [3.05, 3.63) is 46.5 Å². The third kappa shape index (κ3) is 4.47. The van der Waals surface area contributed by atoms with Crippen LogP contribution in [0.3, 0.4) is 0 Å². The number of aliphatic carboxylic acids is 1. The molecular formula is C13H10F3NO2S2. The number of rotatable bonds is 5. The minimum absolute atomic E-state index is 0.135. The Morgan fingerprint density at radius 3 is 2.71 bits per heavy atom. The maximum Gasteiger partial charge on any atom is 0.416 e. The third-order valence-electron chi connectivity index (χ3n) is 2.54. The number of nitrogens with zero attached hydrogens (tertiary/aromatic N) is 1. The first-order valence-electron chi connectivity index (χ1n) is 5.80. The highest BCUT2D eigenvalue weighted by Gasteiger charge is 2.32. The van der Waals surface area contributed by atoms with Crippen LogP contribution in [-0.2, 0) is 23.1 Å². The SMILES string of the molecule is O=C(O)Cc1csc(SCc2ccccc2C(F)(F)F)n1. The van der Waals surface area contributed by atoms with Crippen molar-refractivity contribution in [2.45, 2.75) is 22.7 Å². The molecule has 3 nitrogen and oxygen atoms in total. The van der Waals surface area contributed by atoms with Crippen LogP contribution in [0.5, 0.6) is 0 Å². The van der Waals surface area contributed by atoms with E-state index in [2.05, 4.69) is 4.98 Å². The first-order chi connectivity index (χ1) is 9.86. The van der Waals surface area contributed by atoms with Crippen LogP contribution in [0.2, 0.25) is 0 Å². The average molecular weight is 333 g/mol. The lowest BCUT2D eigenvalue weighted by molar-refractivity contribution is -0.138. The zero-order valence-electron chi connectivity index (χ0n) is 10.6. The summed E-state index contributed by atoms with van der Waals surface area (Å²) >= 11 is 2.40. The Bertz CT molecular complexity index is 640. The van der Waals surface area contributed by atoms with Gasteiger partial charge < -0.3 is 5.11 Å². The highest BCUT2D eigenvalue weighted by molar-refractivity contribution is 8.00. The van der Waals surface area contributed by atoms with Crippen molar-refractivity contribution in [3.63, 3.8) is 0 Å². The van der Waals surface area contributed by atoms with Gasteiger partial charge in [0.15, 0.2) is 0 Å². The molecule has 0 aliphatic rings. The number of alkyl halides is 3. The van der Waals surface area contributed by atoms with Gasteiger partial charge in [-0.15, -0.1) is 11.3 Å². The third-order valence-corrected chi connectivity index (χ3v) is 4.66. The molecule has 0 fully saturated rings. The van der Waals surface area contributed by atoms with Crippen molar-refractivity contribution in [1.29, 1.82) is 0 Å². The van der Waals surface area contributed by atoms with Gasteiger partial charge in [-0.2, -0.15) is 13.2 Å². The fourth-order valence-electron chi connectivity index (χ4n) is 1.65. The van der Waals surface area contributed by atoms with Gasteiger partial charge in [-0.3, -0.25) is 4.79 Å². The van der Waals surface area contributed by atoms with E-state index in [1.54, 1.807) is 11.4 Å². The number of halogens is 3. The zero-order chi connectivity index (χ0) is 15.5. The van der Waals surface area contributed by atoms with E-state index in [1.807, 2.05) is 0 Å². The predicted octanol–water partition coefficient (Wildman–Crippen LogP) is 4.08. The second-order valence-corrected chi connectivity index (χ2v) is 6.20. The van der Waals surface area contributed by atoms with Gasteiger partial charge in [0.2, 0.25) is 0 Å². The Hall–Kier alpha value is -1.54. The largest absolute Gasteiger partial charge is 0.481 e. The number of aromatic nitrogens is 1. The molecule has 0 bridgehead atoms. The molecule has 2 aromatic rings. The summed E-state index contributed by atoms with van der Waals surface area (Å²) in [5, 5.41) is 10.2. The van der Waals surface area contributed by atoms with Crippen molar-refractivity contribution < 1.29 is 23.1 Å². The Morgan fingerprint density at radius 1 is 1.33 bits per heavy atom. The van der Waals surface area contributed by atoms with Crippen LogP contribution < -0.4 is 0 Å². The summed E-state index contributed by atoms with van der Waals surface area (Å²) in [4.78, 5) is 14.6. The number of hydrogen-bond acceptors (Lipinski definition) is 4. The maximum absolute atomic E-state index is 12.8. The zero-order valence-corrected chi connectivity index (χ0v) is 12.2. The van der Waals surface area contributed by atoms with E-state index < -0.39 is 17.7 Å². The summed E-state index contributed by atoms with van der Waals surface area (Å²) in [5.41, 5.74) is -0.0519. The average Bonchev–Trinajstić information content (AvgIpc) is 2.82. The van der Waals surface area contributed by atoms with Crippen molar-refractivity contribution in [2.24, 2.45) is 0 Å². The topological polar surface area (TPSA) is 50.2 Å². The monoisotopic (exact) mass is 333 g/mol. The van der Waals surface area contributed by atoms with Crippen LogP contribution in [-0.4, -0.2) is 16.1 Å². The molecule has 2 rings (SSSR count). The van der Waals surface area contributed by atoms with Crippen LogP contribution >= 0.6 is 23.1 Å². The number of carboxylic acid groups (broad SMARTS) is 1. The lowest BCUT2D eigenvalue weighted by Crippen LogP contribution is -2.08. The van der Waals surface area contributed by atoms with Crippen molar-refractivity contribution >= 4 is 29.1 Å². The second-order valence-electron chi connectivity index (χ2n) is 4.12. The molecule has 0 aliphatic heterocycles. The summed E-state index contributed by atoms with van der Waals surface area (Å²) in [6, 6.07) is 5.39. The molecule has 0 unspecified atom stereocenters. The van der Waals surface area contributed by atoms with Crippen LogP contribution in [0, 0.1) is 0 Å². The highest BCUT2D eigenvalue weighted by Crippen LogP contribution is 2.35. The normalized spacial score (nSPS) is 11.6. The van der Waals surface area contributed by atoms with Crippen LogP contribution in [0.15, 0.2) is 34.0 Å². The van der Waals surface area contributed by atoms with Crippen LogP contribution in [0.1, 0.15) is 16.8 Å². The first kappa shape index (κ1) is 15.8. The molecule has 0 saturated carbocycles. The highest BCUT2D eigenvalue weighted by atomic mass is 32.2. The molecule has 1 heterocycles. The van der Waals surface area contributed by atoms with Gasteiger partial charge in [-0.1, -0.05) is 30.0 Å². The summed E-state index contributed by atoms with van der Waals surface area (Å²) in [6.07, 6.45) is -4.56. The number of benzene rings is 1. The van der Waals surface area contributed by atoms with Crippen molar-refractivity contribution in [3.8, 4) is 0 Å². The molecule has 1 aromatic carbocycles. The number of thioether (sulfide) groups is 1. The quantitative estimate of drug-likeness (QED) is 0.838. The van der Waals surface area contributed by atoms with Crippen molar-refractivity contribution in [1.82, 2.24) is 4.98 Å². The Labute approximate surface area is 126 Å². The van der Waals surface area contributed by atoms with Gasteiger partial charge in [-0.05, 0) is 11.6 Å². The molecular weight excluding hydrogens is 323 g/mol. The predicted molar refractivity (Wildman–Crippen MR) is 74.5 cm³/mol. The van der Waals surface area contributed by atoms with Gasteiger partial charge in [0.1, 0.15) is 4.34 Å². The van der Waals surface area contributed by atoms with Gasteiger partial charge in [-0.25, -0.2) is 4.98 Å². The molecule has 0 spiro atoms. The van der Waals surface area contributed by atoms with Gasteiger partial charge in [0.25, 0.3) is 0 Å². The molecule has 0 radical (unpaired) electrons. The fourth-order valence-corrected chi connectivity index (χ4v) is 3.50. The number of thiazole rings is 1. The minimum Gasteiger partial charge on any atom is -0.481 e. The minimum atomic E-state index is -4.38. The Kier molecular flexibility index (Phi) is 4.89. The molecule has 0 atom stereocenters. The summed E-state index contributed by atoms with van der Waals surface area (Å²) in [7, 11) is 0. The van der Waals surface area contributed by atoms with E-state index in [4.69, 9.17) is 5.11 Å². The molecule has 0 amide bonds. The molecule has 8 heteroatoms. The van der Waals surface area contributed by atoms with Crippen molar-refractivity contribution in [2.75, 3.05) is 0 Å². The first-order valence-corrected chi connectivity index (χ1v) is 7.67. The Balaban J connectivity index is 2.07. The lowest BCUT2D eigenvalue weighted by Gasteiger charge is -2.11. The lowest BCUT2D eigenvalue weighted by atomic mass is 10.1. The summed E-state index contributed by atoms with van der Waals surface area (Å²) in [5.74, 6) is -0.852. The number of hydrogen-bond donors (Lipinski definition) is 1. The van der Waals surface area contributed by atoms with E-state index in [9.17, 15) is 18.0 Å². The van der Waals surface area contributed by atoms with Gasteiger partial charge in [0.05, 0.1) is 17.7 Å². The van der Waals surface area contributed by atoms with E-state index in [0.29, 0.717) is 10.0 Å². The number of carboxylic acids is 1. The fraction of sp³-hybridized carbons (Fsp3) is 0.231. The maximum atomic E-state index is 12.8. The smallest absolute Gasteiger partial charge is 0.416 e. The second kappa shape index (κ2) is 6.48.